The third-order valence-electron chi connectivity index (χ3n) is 2.47. The molecule has 0 saturated carbocycles. The Morgan fingerprint density at radius 1 is 0.889 bits per heavy atom. The molecule has 2 rings (SSSR count). The SMILES string of the molecule is Fc1ccc(C(F)F)cc1-c1ccc(Cl)c(Cl)c1. The van der Waals surface area contributed by atoms with E-state index < -0.39 is 12.2 Å². The van der Waals surface area contributed by atoms with E-state index in [1.807, 2.05) is 0 Å². The zero-order valence-corrected chi connectivity index (χ0v) is 10.4. The first-order valence-corrected chi connectivity index (χ1v) is 5.77. The smallest absolute Gasteiger partial charge is 0.206 e. The molecule has 0 spiro atoms. The van der Waals surface area contributed by atoms with Crippen molar-refractivity contribution in [2.24, 2.45) is 0 Å². The Kier molecular flexibility index (Phi) is 3.83. The summed E-state index contributed by atoms with van der Waals surface area (Å²) in [5.74, 6) is -0.585. The van der Waals surface area contributed by atoms with Gasteiger partial charge in [-0.2, -0.15) is 0 Å². The molecule has 0 saturated heterocycles. The van der Waals surface area contributed by atoms with E-state index in [2.05, 4.69) is 0 Å². The summed E-state index contributed by atoms with van der Waals surface area (Å²) in [5, 5.41) is 0.571. The molecule has 0 heterocycles. The van der Waals surface area contributed by atoms with Crippen molar-refractivity contribution in [3.8, 4) is 11.1 Å². The maximum Gasteiger partial charge on any atom is 0.263 e. The lowest BCUT2D eigenvalue weighted by molar-refractivity contribution is 0.151. The van der Waals surface area contributed by atoms with Crippen LogP contribution in [0.1, 0.15) is 12.0 Å². The second-order valence-electron chi connectivity index (χ2n) is 3.67. The first-order valence-electron chi connectivity index (χ1n) is 5.02. The van der Waals surface area contributed by atoms with E-state index in [9.17, 15) is 13.2 Å². The molecule has 5 heteroatoms. The average Bonchev–Trinajstić information content (AvgIpc) is 2.33. The predicted molar refractivity (Wildman–Crippen MR) is 66.8 cm³/mol. The fourth-order valence-corrected chi connectivity index (χ4v) is 1.86. The lowest BCUT2D eigenvalue weighted by atomic mass is 10.0. The summed E-state index contributed by atoms with van der Waals surface area (Å²) in [7, 11) is 0. The van der Waals surface area contributed by atoms with Crippen LogP contribution in [0.25, 0.3) is 11.1 Å². The van der Waals surface area contributed by atoms with Gasteiger partial charge in [-0.05, 0) is 29.8 Å². The molecule has 0 radical (unpaired) electrons. The van der Waals surface area contributed by atoms with Crippen LogP contribution in [0.15, 0.2) is 36.4 Å². The van der Waals surface area contributed by atoms with Crippen LogP contribution in [-0.4, -0.2) is 0 Å². The molecular formula is C13H7Cl2F3. The summed E-state index contributed by atoms with van der Waals surface area (Å²) in [6, 6.07) is 7.65. The fraction of sp³-hybridized carbons (Fsp3) is 0.0769. The van der Waals surface area contributed by atoms with Gasteiger partial charge in [0.1, 0.15) is 5.82 Å². The largest absolute Gasteiger partial charge is 0.263 e. The summed E-state index contributed by atoms with van der Waals surface area (Å²) in [5.41, 5.74) is 0.244. The monoisotopic (exact) mass is 290 g/mol. The standard InChI is InChI=1S/C13H7Cl2F3/c14-10-3-1-7(6-11(10)15)9-5-8(13(17)18)2-4-12(9)16/h1-6,13H. The van der Waals surface area contributed by atoms with Gasteiger partial charge in [0.2, 0.25) is 0 Å². The molecule has 0 fully saturated rings. The van der Waals surface area contributed by atoms with E-state index in [4.69, 9.17) is 23.2 Å². The minimum absolute atomic E-state index is 0.0753. The topological polar surface area (TPSA) is 0 Å². The van der Waals surface area contributed by atoms with Crippen molar-refractivity contribution in [2.45, 2.75) is 6.43 Å². The number of halogens is 5. The highest BCUT2D eigenvalue weighted by Gasteiger charge is 2.12. The quantitative estimate of drug-likeness (QED) is 0.662. The Balaban J connectivity index is 2.55. The first-order chi connectivity index (χ1) is 8.49. The summed E-state index contributed by atoms with van der Waals surface area (Å²) < 4.78 is 38.8. The lowest BCUT2D eigenvalue weighted by Gasteiger charge is -2.07. The highest BCUT2D eigenvalue weighted by atomic mass is 35.5. The highest BCUT2D eigenvalue weighted by Crippen LogP contribution is 2.32. The molecule has 2 aromatic carbocycles. The van der Waals surface area contributed by atoms with Gasteiger partial charge in [-0.15, -0.1) is 0 Å². The Morgan fingerprint density at radius 2 is 1.61 bits per heavy atom. The molecule has 0 unspecified atom stereocenters. The molecule has 0 amide bonds. The number of hydrogen-bond donors (Lipinski definition) is 0. The minimum atomic E-state index is -2.65. The first kappa shape index (κ1) is 13.2. The van der Waals surface area contributed by atoms with Crippen molar-refractivity contribution in [3.05, 3.63) is 57.8 Å². The van der Waals surface area contributed by atoms with E-state index in [1.54, 1.807) is 0 Å². The van der Waals surface area contributed by atoms with Crippen LogP contribution in [0.5, 0.6) is 0 Å². The van der Waals surface area contributed by atoms with Gasteiger partial charge in [-0.25, -0.2) is 13.2 Å². The van der Waals surface area contributed by atoms with Crippen molar-refractivity contribution >= 4 is 23.2 Å². The molecule has 0 atom stereocenters. The molecule has 94 valence electrons. The normalized spacial score (nSPS) is 11.0. The number of alkyl halides is 2. The average molecular weight is 291 g/mol. The third-order valence-corrected chi connectivity index (χ3v) is 3.21. The summed E-state index contributed by atoms with van der Waals surface area (Å²) in [6.45, 7) is 0. The molecule has 0 aliphatic carbocycles. The van der Waals surface area contributed by atoms with Gasteiger partial charge in [-0.3, -0.25) is 0 Å². The van der Waals surface area contributed by atoms with E-state index in [0.29, 0.717) is 10.6 Å². The zero-order valence-electron chi connectivity index (χ0n) is 8.93. The Bertz CT molecular complexity index is 582. The molecule has 18 heavy (non-hydrogen) atoms. The van der Waals surface area contributed by atoms with Crippen LogP contribution in [0.3, 0.4) is 0 Å². The number of benzene rings is 2. The Hall–Kier alpha value is -1.19. The minimum Gasteiger partial charge on any atom is -0.206 e. The molecule has 0 N–H and O–H groups in total. The Morgan fingerprint density at radius 3 is 2.22 bits per heavy atom. The molecule has 0 aromatic heterocycles. The van der Waals surface area contributed by atoms with Gasteiger partial charge in [0.05, 0.1) is 10.0 Å². The van der Waals surface area contributed by atoms with Crippen LogP contribution in [0.2, 0.25) is 10.0 Å². The number of hydrogen-bond acceptors (Lipinski definition) is 0. The molecule has 0 bridgehead atoms. The van der Waals surface area contributed by atoms with Crippen LogP contribution < -0.4 is 0 Å². The van der Waals surface area contributed by atoms with E-state index >= 15 is 0 Å². The maximum absolute atomic E-state index is 13.6. The van der Waals surface area contributed by atoms with Crippen LogP contribution in [0.4, 0.5) is 13.2 Å². The van der Waals surface area contributed by atoms with Crippen molar-refractivity contribution in [1.82, 2.24) is 0 Å². The summed E-state index contributed by atoms with van der Waals surface area (Å²) >= 11 is 11.6. The molecule has 0 aliphatic rings. The maximum atomic E-state index is 13.6. The van der Waals surface area contributed by atoms with E-state index in [1.165, 1.54) is 18.2 Å². The molecular weight excluding hydrogens is 284 g/mol. The second kappa shape index (κ2) is 5.21. The second-order valence-corrected chi connectivity index (χ2v) is 4.48. The van der Waals surface area contributed by atoms with Crippen molar-refractivity contribution in [3.63, 3.8) is 0 Å². The number of rotatable bonds is 2. The van der Waals surface area contributed by atoms with Crippen LogP contribution in [0, 0.1) is 5.82 Å². The van der Waals surface area contributed by atoms with Crippen molar-refractivity contribution in [2.75, 3.05) is 0 Å². The Labute approximate surface area is 112 Å². The van der Waals surface area contributed by atoms with Gasteiger partial charge in [-0.1, -0.05) is 35.3 Å². The van der Waals surface area contributed by atoms with Crippen LogP contribution >= 0.6 is 23.2 Å². The van der Waals surface area contributed by atoms with Gasteiger partial charge in [0, 0.05) is 11.1 Å². The third kappa shape index (κ3) is 2.62. The molecule has 2 aromatic rings. The predicted octanol–water partition coefficient (Wildman–Crippen LogP) is 5.74. The van der Waals surface area contributed by atoms with Gasteiger partial charge < -0.3 is 0 Å². The fourth-order valence-electron chi connectivity index (χ4n) is 1.56. The van der Waals surface area contributed by atoms with Gasteiger partial charge in [0.15, 0.2) is 0 Å². The summed E-state index contributed by atoms with van der Waals surface area (Å²) in [6.07, 6.45) is -2.65. The van der Waals surface area contributed by atoms with Gasteiger partial charge in [0.25, 0.3) is 6.43 Å². The zero-order chi connectivity index (χ0) is 13.3. The van der Waals surface area contributed by atoms with Gasteiger partial charge >= 0.3 is 0 Å². The molecule has 0 aliphatic heterocycles. The lowest BCUT2D eigenvalue weighted by Crippen LogP contribution is -1.90. The van der Waals surface area contributed by atoms with Crippen LogP contribution in [-0.2, 0) is 0 Å². The molecule has 0 nitrogen and oxygen atoms in total. The van der Waals surface area contributed by atoms with Crippen molar-refractivity contribution in [1.29, 1.82) is 0 Å². The van der Waals surface area contributed by atoms with E-state index in [0.717, 1.165) is 18.2 Å². The van der Waals surface area contributed by atoms with Crippen molar-refractivity contribution < 1.29 is 13.2 Å². The highest BCUT2D eigenvalue weighted by molar-refractivity contribution is 6.42. The summed E-state index contributed by atoms with van der Waals surface area (Å²) in [4.78, 5) is 0. The van der Waals surface area contributed by atoms with E-state index in [-0.39, 0.29) is 16.1 Å².